The zero-order chi connectivity index (χ0) is 10.9. The summed E-state index contributed by atoms with van der Waals surface area (Å²) in [5.41, 5.74) is 6.97. The number of rotatable bonds is 2. The number of hydrogen-bond donors (Lipinski definition) is 1. The van der Waals surface area contributed by atoms with Gasteiger partial charge in [-0.2, -0.15) is 11.8 Å². The van der Waals surface area contributed by atoms with Gasteiger partial charge >= 0.3 is 0 Å². The highest BCUT2D eigenvalue weighted by atomic mass is 32.2. The van der Waals surface area contributed by atoms with E-state index in [4.69, 9.17) is 5.73 Å². The van der Waals surface area contributed by atoms with E-state index in [9.17, 15) is 4.39 Å². The molecule has 1 aromatic rings. The van der Waals surface area contributed by atoms with E-state index in [-0.39, 0.29) is 16.6 Å². The first-order valence-corrected chi connectivity index (χ1v) is 6.10. The lowest BCUT2D eigenvalue weighted by Crippen LogP contribution is -2.33. The summed E-state index contributed by atoms with van der Waals surface area (Å²) >= 11 is 1.88. The summed E-state index contributed by atoms with van der Waals surface area (Å²) in [4.78, 5) is 3.84. The summed E-state index contributed by atoms with van der Waals surface area (Å²) in [6.45, 7) is 2.15. The molecule has 1 saturated heterocycles. The molecule has 4 heteroatoms. The molecule has 0 radical (unpaired) electrons. The van der Waals surface area contributed by atoms with Crippen molar-refractivity contribution in [2.75, 3.05) is 5.75 Å². The third kappa shape index (κ3) is 2.16. The molecule has 2 nitrogen and oxygen atoms in total. The fourth-order valence-electron chi connectivity index (χ4n) is 2.00. The molecular weight excluding hydrogens is 211 g/mol. The Morgan fingerprint density at radius 1 is 1.60 bits per heavy atom. The molecule has 2 N–H and O–H groups in total. The lowest BCUT2D eigenvalue weighted by molar-refractivity contribution is 0.497. The van der Waals surface area contributed by atoms with Crippen LogP contribution in [-0.2, 0) is 0 Å². The average Bonchev–Trinajstić information content (AvgIpc) is 2.65. The van der Waals surface area contributed by atoms with Crippen LogP contribution in [-0.4, -0.2) is 15.5 Å². The monoisotopic (exact) mass is 226 g/mol. The molecule has 0 amide bonds. The zero-order valence-corrected chi connectivity index (χ0v) is 9.56. The first-order valence-electron chi connectivity index (χ1n) is 5.12. The normalized spacial score (nSPS) is 27.9. The van der Waals surface area contributed by atoms with E-state index in [0.717, 1.165) is 17.7 Å². The van der Waals surface area contributed by atoms with E-state index in [1.165, 1.54) is 18.7 Å². The summed E-state index contributed by atoms with van der Waals surface area (Å²) < 4.78 is 13.1. The second-order valence-electron chi connectivity index (χ2n) is 4.18. The lowest BCUT2D eigenvalue weighted by Gasteiger charge is -2.30. The van der Waals surface area contributed by atoms with E-state index in [0.29, 0.717) is 0 Å². The molecule has 0 aromatic carbocycles. The summed E-state index contributed by atoms with van der Waals surface area (Å²) in [5.74, 6) is 0.835. The largest absolute Gasteiger partial charge is 0.323 e. The van der Waals surface area contributed by atoms with Crippen LogP contribution in [0.25, 0.3) is 0 Å². The number of aromatic nitrogens is 1. The van der Waals surface area contributed by atoms with Crippen molar-refractivity contribution in [3.63, 3.8) is 0 Å². The number of nitrogens with two attached hydrogens (primary N) is 1. The lowest BCUT2D eigenvalue weighted by atomic mass is 9.92. The van der Waals surface area contributed by atoms with Gasteiger partial charge in [-0.05, 0) is 37.1 Å². The molecule has 0 spiro atoms. The Morgan fingerprint density at radius 3 is 3.00 bits per heavy atom. The number of pyridine rings is 1. The smallest absolute Gasteiger partial charge is 0.141 e. The summed E-state index contributed by atoms with van der Waals surface area (Å²) in [7, 11) is 0. The van der Waals surface area contributed by atoms with Crippen LogP contribution in [0.15, 0.2) is 18.5 Å². The molecule has 15 heavy (non-hydrogen) atoms. The number of thioether (sulfide) groups is 1. The fraction of sp³-hybridized carbons (Fsp3) is 0.545. The van der Waals surface area contributed by atoms with Gasteiger partial charge in [-0.3, -0.25) is 4.98 Å². The van der Waals surface area contributed by atoms with Crippen molar-refractivity contribution in [1.82, 2.24) is 4.98 Å². The van der Waals surface area contributed by atoms with E-state index in [1.54, 1.807) is 6.20 Å². The minimum atomic E-state index is -0.311. The standard InChI is InChI=1S/C11H15FN2S/c1-11(3-2-4-15-11)10(13)8-5-9(12)7-14-6-8/h5-7,10H,2-4,13H2,1H3. The minimum Gasteiger partial charge on any atom is -0.323 e. The quantitative estimate of drug-likeness (QED) is 0.842. The van der Waals surface area contributed by atoms with Gasteiger partial charge in [0, 0.05) is 17.0 Å². The van der Waals surface area contributed by atoms with Crippen molar-refractivity contribution in [3.05, 3.63) is 29.8 Å². The fourth-order valence-corrected chi connectivity index (χ4v) is 3.36. The van der Waals surface area contributed by atoms with Gasteiger partial charge in [-0.15, -0.1) is 0 Å². The third-order valence-corrected chi connectivity index (χ3v) is 4.60. The molecule has 82 valence electrons. The minimum absolute atomic E-state index is 0.0372. The highest BCUT2D eigenvalue weighted by Crippen LogP contribution is 2.45. The molecule has 2 rings (SSSR count). The first-order chi connectivity index (χ1) is 7.12. The van der Waals surface area contributed by atoms with Gasteiger partial charge in [0.25, 0.3) is 0 Å². The van der Waals surface area contributed by atoms with Crippen LogP contribution in [0.3, 0.4) is 0 Å². The molecule has 2 heterocycles. The predicted octanol–water partition coefficient (Wildman–Crippen LogP) is 2.51. The van der Waals surface area contributed by atoms with Gasteiger partial charge in [0.15, 0.2) is 0 Å². The SMILES string of the molecule is CC1(C(N)c2cncc(F)c2)CCCS1. The maximum atomic E-state index is 13.0. The van der Waals surface area contributed by atoms with Crippen LogP contribution in [0.2, 0.25) is 0 Å². The molecule has 1 aliphatic heterocycles. The molecule has 0 aliphatic carbocycles. The molecule has 1 fully saturated rings. The Bertz CT molecular complexity index is 350. The van der Waals surface area contributed by atoms with Crippen LogP contribution in [0.4, 0.5) is 4.39 Å². The first kappa shape index (κ1) is 10.9. The second-order valence-corrected chi connectivity index (χ2v) is 5.81. The van der Waals surface area contributed by atoms with Gasteiger partial charge in [0.05, 0.1) is 6.20 Å². The molecular formula is C11H15FN2S. The maximum Gasteiger partial charge on any atom is 0.141 e. The highest BCUT2D eigenvalue weighted by Gasteiger charge is 2.36. The zero-order valence-electron chi connectivity index (χ0n) is 8.74. The van der Waals surface area contributed by atoms with Crippen molar-refractivity contribution < 1.29 is 4.39 Å². The van der Waals surface area contributed by atoms with Crippen molar-refractivity contribution in [2.45, 2.75) is 30.6 Å². The Hall–Kier alpha value is -0.610. The van der Waals surface area contributed by atoms with Crippen LogP contribution in [0, 0.1) is 5.82 Å². The third-order valence-electron chi connectivity index (χ3n) is 2.99. The summed E-state index contributed by atoms with van der Waals surface area (Å²) in [6, 6.07) is 1.36. The van der Waals surface area contributed by atoms with E-state index >= 15 is 0 Å². The molecule has 2 unspecified atom stereocenters. The topological polar surface area (TPSA) is 38.9 Å². The second kappa shape index (κ2) is 4.10. The van der Waals surface area contributed by atoms with Crippen LogP contribution < -0.4 is 5.73 Å². The molecule has 1 aromatic heterocycles. The average molecular weight is 226 g/mol. The molecule has 1 aliphatic rings. The van der Waals surface area contributed by atoms with E-state index in [2.05, 4.69) is 11.9 Å². The highest BCUT2D eigenvalue weighted by molar-refractivity contribution is 8.00. The van der Waals surface area contributed by atoms with Crippen molar-refractivity contribution in [3.8, 4) is 0 Å². The van der Waals surface area contributed by atoms with Crippen molar-refractivity contribution >= 4 is 11.8 Å². The Labute approximate surface area is 93.5 Å². The molecule has 0 bridgehead atoms. The van der Waals surface area contributed by atoms with Gasteiger partial charge in [0.1, 0.15) is 5.82 Å². The van der Waals surface area contributed by atoms with E-state index < -0.39 is 0 Å². The van der Waals surface area contributed by atoms with Gasteiger partial charge in [-0.25, -0.2) is 4.39 Å². The Morgan fingerprint density at radius 2 is 2.40 bits per heavy atom. The number of halogens is 1. The predicted molar refractivity (Wildman–Crippen MR) is 61.2 cm³/mol. The molecule has 2 atom stereocenters. The van der Waals surface area contributed by atoms with Gasteiger partial charge < -0.3 is 5.73 Å². The van der Waals surface area contributed by atoms with Crippen molar-refractivity contribution in [1.29, 1.82) is 0 Å². The van der Waals surface area contributed by atoms with E-state index in [1.807, 2.05) is 11.8 Å². The van der Waals surface area contributed by atoms with Crippen LogP contribution in [0.1, 0.15) is 31.4 Å². The number of nitrogens with zero attached hydrogens (tertiary/aromatic N) is 1. The van der Waals surface area contributed by atoms with Crippen LogP contribution in [0.5, 0.6) is 0 Å². The van der Waals surface area contributed by atoms with Gasteiger partial charge in [-0.1, -0.05) is 0 Å². The maximum absolute atomic E-state index is 13.0. The van der Waals surface area contributed by atoms with Crippen LogP contribution >= 0.6 is 11.8 Å². The Kier molecular flexibility index (Phi) is 2.98. The molecule has 0 saturated carbocycles. The number of hydrogen-bond acceptors (Lipinski definition) is 3. The summed E-state index contributed by atoms with van der Waals surface area (Å²) in [6.07, 6.45) is 5.16. The van der Waals surface area contributed by atoms with Gasteiger partial charge in [0.2, 0.25) is 0 Å². The summed E-state index contributed by atoms with van der Waals surface area (Å²) in [5, 5.41) is 0. The van der Waals surface area contributed by atoms with Crippen molar-refractivity contribution in [2.24, 2.45) is 5.73 Å². The Balaban J connectivity index is 2.23.